The molecule has 1 aromatic heterocycles. The van der Waals surface area contributed by atoms with Crippen molar-refractivity contribution in [2.75, 3.05) is 19.6 Å². The largest absolute Gasteiger partial charge is 0.345 e. The van der Waals surface area contributed by atoms with Crippen LogP contribution in [0.5, 0.6) is 0 Å². The summed E-state index contributed by atoms with van der Waals surface area (Å²) in [7, 11) is 0. The molecule has 3 heterocycles. The highest BCUT2D eigenvalue weighted by Gasteiger charge is 2.33. The Morgan fingerprint density at radius 1 is 1.38 bits per heavy atom. The highest BCUT2D eigenvalue weighted by atomic mass is 35.5. The molecule has 24 heavy (non-hydrogen) atoms. The van der Waals surface area contributed by atoms with Crippen molar-refractivity contribution in [1.82, 2.24) is 14.8 Å². The molecule has 1 amide bonds. The van der Waals surface area contributed by atoms with Crippen molar-refractivity contribution in [3.8, 4) is 0 Å². The predicted octanol–water partition coefficient (Wildman–Crippen LogP) is 3.15. The first-order chi connectivity index (χ1) is 11.6. The lowest BCUT2D eigenvalue weighted by Gasteiger charge is -2.35. The lowest BCUT2D eigenvalue weighted by Crippen LogP contribution is -2.47. The summed E-state index contributed by atoms with van der Waals surface area (Å²) >= 11 is 6.33. The fourth-order valence-electron chi connectivity index (χ4n) is 4.02. The van der Waals surface area contributed by atoms with E-state index in [-0.39, 0.29) is 17.9 Å². The summed E-state index contributed by atoms with van der Waals surface area (Å²) in [5, 5.41) is 5.47. The third-order valence-electron chi connectivity index (χ3n) is 5.25. The zero-order chi connectivity index (χ0) is 16.8. The van der Waals surface area contributed by atoms with E-state index in [2.05, 4.69) is 28.2 Å². The molecule has 0 aliphatic carbocycles. The number of hydrogen-bond donors (Lipinski definition) is 1. The zero-order valence-corrected chi connectivity index (χ0v) is 14.8. The van der Waals surface area contributed by atoms with Gasteiger partial charge in [0, 0.05) is 48.3 Å². The van der Waals surface area contributed by atoms with Crippen LogP contribution >= 0.6 is 11.6 Å². The number of nitrogens with zero attached hydrogens (tertiary/aromatic N) is 2. The van der Waals surface area contributed by atoms with Crippen LogP contribution in [0.1, 0.15) is 19.4 Å². The van der Waals surface area contributed by atoms with E-state index in [0.717, 1.165) is 35.6 Å². The van der Waals surface area contributed by atoms with Crippen LogP contribution in [0, 0.1) is 5.92 Å². The number of carbonyl (C=O) groups is 1. The molecular weight excluding hydrogens is 322 g/mol. The minimum Gasteiger partial charge on any atom is -0.345 e. The van der Waals surface area contributed by atoms with Crippen LogP contribution in [0.2, 0.25) is 5.02 Å². The summed E-state index contributed by atoms with van der Waals surface area (Å²) in [6.45, 7) is 7.16. The van der Waals surface area contributed by atoms with Crippen molar-refractivity contribution >= 4 is 34.0 Å². The van der Waals surface area contributed by atoms with Crippen LogP contribution in [0.25, 0.3) is 16.5 Å². The van der Waals surface area contributed by atoms with Gasteiger partial charge < -0.3 is 14.8 Å². The summed E-state index contributed by atoms with van der Waals surface area (Å²) < 4.78 is 2.28. The molecule has 0 bridgehead atoms. The molecule has 4 nitrogen and oxygen atoms in total. The average Bonchev–Trinajstić information content (AvgIpc) is 2.99. The topological polar surface area (TPSA) is 37.3 Å². The Labute approximate surface area is 147 Å². The molecule has 126 valence electrons. The lowest BCUT2D eigenvalue weighted by molar-refractivity contribution is -0.133. The van der Waals surface area contributed by atoms with Crippen LogP contribution in [0.15, 0.2) is 30.5 Å². The second kappa shape index (κ2) is 5.94. The summed E-state index contributed by atoms with van der Waals surface area (Å²) in [6, 6.07) is 6.39. The number of hydrogen-bond acceptors (Lipinski definition) is 2. The molecule has 4 rings (SSSR count). The molecule has 2 aromatic rings. The van der Waals surface area contributed by atoms with E-state index >= 15 is 0 Å². The standard InChI is InChI=1S/C19H22ClN3O/c1-3-22(4-2)19(24)13-8-15-16-9-14(20)7-12-5-6-23(18(12)16)11-17(15)21-10-13/h5-9,13,17,21H,3-4,10-11H2,1-2H3. The van der Waals surface area contributed by atoms with Crippen LogP contribution in [0.4, 0.5) is 0 Å². The van der Waals surface area contributed by atoms with Gasteiger partial charge in [-0.05, 0) is 37.6 Å². The number of rotatable bonds is 3. The number of nitrogens with one attached hydrogen (secondary N) is 1. The highest BCUT2D eigenvalue weighted by Crippen LogP contribution is 2.37. The molecule has 0 radical (unpaired) electrons. The smallest absolute Gasteiger partial charge is 0.230 e. The van der Waals surface area contributed by atoms with Gasteiger partial charge in [0.25, 0.3) is 0 Å². The van der Waals surface area contributed by atoms with Gasteiger partial charge in [0.1, 0.15) is 0 Å². The molecule has 2 aliphatic rings. The van der Waals surface area contributed by atoms with Crippen molar-refractivity contribution in [2.24, 2.45) is 5.92 Å². The first-order valence-electron chi connectivity index (χ1n) is 8.65. The van der Waals surface area contributed by atoms with E-state index in [1.165, 1.54) is 11.1 Å². The van der Waals surface area contributed by atoms with Crippen LogP contribution in [-0.2, 0) is 11.3 Å². The minimum absolute atomic E-state index is 0.105. The van der Waals surface area contributed by atoms with Crippen LogP contribution < -0.4 is 5.32 Å². The van der Waals surface area contributed by atoms with Gasteiger partial charge in [-0.3, -0.25) is 4.79 Å². The van der Waals surface area contributed by atoms with Gasteiger partial charge >= 0.3 is 0 Å². The monoisotopic (exact) mass is 343 g/mol. The second-order valence-electron chi connectivity index (χ2n) is 6.56. The molecule has 2 aliphatic heterocycles. The van der Waals surface area contributed by atoms with Crippen LogP contribution in [-0.4, -0.2) is 41.1 Å². The zero-order valence-electron chi connectivity index (χ0n) is 14.1. The molecule has 2 atom stereocenters. The van der Waals surface area contributed by atoms with Crippen molar-refractivity contribution in [3.05, 3.63) is 41.1 Å². The Bertz CT molecular complexity index is 834. The van der Waals surface area contributed by atoms with Crippen molar-refractivity contribution < 1.29 is 4.79 Å². The van der Waals surface area contributed by atoms with Gasteiger partial charge in [-0.2, -0.15) is 0 Å². The minimum atomic E-state index is -0.105. The van der Waals surface area contributed by atoms with E-state index in [1.807, 2.05) is 30.9 Å². The Morgan fingerprint density at radius 2 is 2.17 bits per heavy atom. The van der Waals surface area contributed by atoms with Gasteiger partial charge in [0.15, 0.2) is 0 Å². The van der Waals surface area contributed by atoms with Crippen molar-refractivity contribution in [1.29, 1.82) is 0 Å². The molecule has 0 fully saturated rings. The van der Waals surface area contributed by atoms with Gasteiger partial charge in [0.2, 0.25) is 5.91 Å². The Balaban J connectivity index is 1.79. The Morgan fingerprint density at radius 3 is 2.92 bits per heavy atom. The maximum atomic E-state index is 12.7. The SMILES string of the molecule is CCN(CC)C(=O)C1C=C2c3cc(Cl)cc4ccn(c34)CC2NC1. The fraction of sp³-hybridized carbons (Fsp3) is 0.421. The highest BCUT2D eigenvalue weighted by molar-refractivity contribution is 6.31. The molecule has 0 saturated carbocycles. The van der Waals surface area contributed by atoms with Gasteiger partial charge in [0.05, 0.1) is 17.5 Å². The Kier molecular flexibility index (Phi) is 3.89. The number of benzene rings is 1. The fourth-order valence-corrected chi connectivity index (χ4v) is 4.25. The van der Waals surface area contributed by atoms with Gasteiger partial charge in [-0.25, -0.2) is 0 Å². The third-order valence-corrected chi connectivity index (χ3v) is 5.47. The number of carbonyl (C=O) groups excluding carboxylic acids is 1. The van der Waals surface area contributed by atoms with E-state index in [9.17, 15) is 4.79 Å². The number of halogens is 1. The van der Waals surface area contributed by atoms with E-state index in [0.29, 0.717) is 6.54 Å². The normalized spacial score (nSPS) is 22.2. The predicted molar refractivity (Wildman–Crippen MR) is 98.1 cm³/mol. The maximum absolute atomic E-state index is 12.7. The molecule has 0 spiro atoms. The molecular formula is C19H22ClN3O. The first kappa shape index (κ1) is 15.7. The van der Waals surface area contributed by atoms with E-state index < -0.39 is 0 Å². The van der Waals surface area contributed by atoms with Crippen molar-refractivity contribution in [2.45, 2.75) is 26.4 Å². The quantitative estimate of drug-likeness (QED) is 0.929. The van der Waals surface area contributed by atoms with E-state index in [4.69, 9.17) is 11.6 Å². The molecule has 0 saturated heterocycles. The molecule has 1 aromatic carbocycles. The number of aromatic nitrogens is 1. The molecule has 5 heteroatoms. The third kappa shape index (κ3) is 2.36. The number of fused-ring (bicyclic) bond motifs is 2. The van der Waals surface area contributed by atoms with E-state index in [1.54, 1.807) is 0 Å². The summed E-state index contributed by atoms with van der Waals surface area (Å²) in [5.74, 6) is 0.101. The molecule has 2 unspecified atom stereocenters. The average molecular weight is 344 g/mol. The van der Waals surface area contributed by atoms with Gasteiger partial charge in [-0.15, -0.1) is 0 Å². The number of amides is 1. The lowest BCUT2D eigenvalue weighted by atomic mass is 9.86. The summed E-state index contributed by atoms with van der Waals surface area (Å²) in [6.07, 6.45) is 4.29. The first-order valence-corrected chi connectivity index (χ1v) is 9.02. The van der Waals surface area contributed by atoms with Crippen LogP contribution in [0.3, 0.4) is 0 Å². The van der Waals surface area contributed by atoms with Gasteiger partial charge in [-0.1, -0.05) is 17.7 Å². The van der Waals surface area contributed by atoms with Crippen molar-refractivity contribution in [3.63, 3.8) is 0 Å². The Hall–Kier alpha value is -1.78. The summed E-state index contributed by atoms with van der Waals surface area (Å²) in [5.41, 5.74) is 3.59. The summed E-state index contributed by atoms with van der Waals surface area (Å²) in [4.78, 5) is 14.7. The molecule has 1 N–H and O–H groups in total. The maximum Gasteiger partial charge on any atom is 0.230 e. The second-order valence-corrected chi connectivity index (χ2v) is 7.00.